The quantitative estimate of drug-likeness (QED) is 0.253. The standard InChI is InChI=1S/C32H32N2S/c1-18-12-21-9-10-22(15-23(21)13-19(18)2)27-30-28(34-17-33-27)26-29(35-30)24-14-20(16-31(3,4)5)8-11-25(24)32(26,6)7/h8-15,17H,16H2,1-7H3/i9D. The zero-order chi connectivity index (χ0) is 25.6. The number of thiophene rings is 1. The van der Waals surface area contributed by atoms with Crippen LogP contribution in [0.15, 0.2) is 54.8 Å². The van der Waals surface area contributed by atoms with Crippen LogP contribution in [0.1, 0.15) is 63.8 Å². The van der Waals surface area contributed by atoms with Crippen LogP contribution in [0.5, 0.6) is 0 Å². The Morgan fingerprint density at radius 2 is 1.69 bits per heavy atom. The van der Waals surface area contributed by atoms with E-state index in [1.807, 2.05) is 17.4 Å². The van der Waals surface area contributed by atoms with Crippen LogP contribution in [-0.4, -0.2) is 9.97 Å². The maximum Gasteiger partial charge on any atom is 0.116 e. The van der Waals surface area contributed by atoms with Gasteiger partial charge in [0.15, 0.2) is 0 Å². The predicted molar refractivity (Wildman–Crippen MR) is 151 cm³/mol. The normalized spacial score (nSPS) is 14.9. The summed E-state index contributed by atoms with van der Waals surface area (Å²) >= 11 is 1.81. The summed E-state index contributed by atoms with van der Waals surface area (Å²) in [5, 5.41) is 2.08. The molecule has 0 aliphatic heterocycles. The number of hydrogen-bond donors (Lipinski definition) is 0. The maximum atomic E-state index is 8.74. The lowest BCUT2D eigenvalue weighted by molar-refractivity contribution is 0.411. The highest BCUT2D eigenvalue weighted by atomic mass is 32.1. The predicted octanol–water partition coefficient (Wildman–Crippen LogP) is 9.02. The van der Waals surface area contributed by atoms with Crippen LogP contribution in [0, 0.1) is 19.3 Å². The van der Waals surface area contributed by atoms with Gasteiger partial charge in [0, 0.05) is 21.4 Å². The van der Waals surface area contributed by atoms with Crippen LogP contribution >= 0.6 is 11.3 Å². The molecule has 5 aromatic rings. The van der Waals surface area contributed by atoms with E-state index in [0.717, 1.165) is 38.7 Å². The number of aromatic nitrogens is 2. The first-order valence-corrected chi connectivity index (χ1v) is 13.2. The van der Waals surface area contributed by atoms with Crippen molar-refractivity contribution in [2.24, 2.45) is 5.41 Å². The van der Waals surface area contributed by atoms with E-state index in [-0.39, 0.29) is 10.8 Å². The van der Waals surface area contributed by atoms with Gasteiger partial charge in [-0.1, -0.05) is 71.0 Å². The number of benzene rings is 3. The summed E-state index contributed by atoms with van der Waals surface area (Å²) in [4.78, 5) is 10.9. The lowest BCUT2D eigenvalue weighted by Gasteiger charge is -2.22. The Morgan fingerprint density at radius 3 is 2.43 bits per heavy atom. The monoisotopic (exact) mass is 477 g/mol. The molecule has 6 rings (SSSR count). The van der Waals surface area contributed by atoms with Crippen molar-refractivity contribution in [1.82, 2.24) is 9.97 Å². The van der Waals surface area contributed by atoms with Gasteiger partial charge in [0.05, 0.1) is 17.3 Å². The number of rotatable bonds is 2. The first kappa shape index (κ1) is 21.3. The summed E-state index contributed by atoms with van der Waals surface area (Å²) in [5.41, 5.74) is 11.0. The minimum Gasteiger partial charge on any atom is -0.235 e. The Bertz CT molecular complexity index is 1700. The van der Waals surface area contributed by atoms with Crippen LogP contribution in [0.4, 0.5) is 0 Å². The molecule has 1 aliphatic carbocycles. The van der Waals surface area contributed by atoms with Crippen molar-refractivity contribution in [3.63, 3.8) is 0 Å². The molecule has 35 heavy (non-hydrogen) atoms. The second kappa shape index (κ2) is 7.48. The van der Waals surface area contributed by atoms with Gasteiger partial charge in [0.25, 0.3) is 0 Å². The molecule has 0 bridgehead atoms. The highest BCUT2D eigenvalue weighted by Crippen LogP contribution is 2.56. The molecule has 3 aromatic carbocycles. The number of hydrogen-bond acceptors (Lipinski definition) is 3. The lowest BCUT2D eigenvalue weighted by atomic mass is 9.81. The topological polar surface area (TPSA) is 25.8 Å². The lowest BCUT2D eigenvalue weighted by Crippen LogP contribution is -2.15. The van der Waals surface area contributed by atoms with E-state index in [4.69, 9.17) is 11.3 Å². The molecular formula is C32H32N2S. The first-order valence-electron chi connectivity index (χ1n) is 12.9. The summed E-state index contributed by atoms with van der Waals surface area (Å²) in [5.74, 6) is 0. The summed E-state index contributed by atoms with van der Waals surface area (Å²) in [6.45, 7) is 15.8. The van der Waals surface area contributed by atoms with Crippen molar-refractivity contribution in [3.8, 4) is 21.7 Å². The van der Waals surface area contributed by atoms with Gasteiger partial charge in [0.2, 0.25) is 0 Å². The minimum atomic E-state index is -0.118. The molecule has 2 aromatic heterocycles. The average Bonchev–Trinajstić information content (AvgIpc) is 3.28. The third kappa shape index (κ3) is 3.51. The number of aryl methyl sites for hydroxylation is 2. The molecule has 0 atom stereocenters. The Labute approximate surface area is 213 Å². The van der Waals surface area contributed by atoms with Gasteiger partial charge >= 0.3 is 0 Å². The maximum absolute atomic E-state index is 8.74. The molecule has 1 aliphatic rings. The van der Waals surface area contributed by atoms with Gasteiger partial charge in [-0.05, 0) is 76.4 Å². The first-order chi connectivity index (χ1) is 16.9. The highest BCUT2D eigenvalue weighted by molar-refractivity contribution is 7.23. The Hall–Kier alpha value is -3.04. The van der Waals surface area contributed by atoms with Crippen molar-refractivity contribution in [2.75, 3.05) is 0 Å². The Balaban J connectivity index is 1.57. The van der Waals surface area contributed by atoms with Gasteiger partial charge in [-0.3, -0.25) is 0 Å². The van der Waals surface area contributed by atoms with Crippen LogP contribution in [-0.2, 0) is 11.8 Å². The van der Waals surface area contributed by atoms with Crippen molar-refractivity contribution in [1.29, 1.82) is 0 Å². The molecule has 0 saturated heterocycles. The molecule has 0 unspecified atom stereocenters. The van der Waals surface area contributed by atoms with Gasteiger partial charge in [0.1, 0.15) is 6.33 Å². The Kier molecular flexibility index (Phi) is 4.54. The van der Waals surface area contributed by atoms with Gasteiger partial charge in [-0.15, -0.1) is 11.3 Å². The van der Waals surface area contributed by atoms with Gasteiger partial charge in [-0.25, -0.2) is 9.97 Å². The zero-order valence-electron chi connectivity index (χ0n) is 22.6. The van der Waals surface area contributed by atoms with Gasteiger partial charge < -0.3 is 0 Å². The third-order valence-electron chi connectivity index (χ3n) is 7.47. The molecule has 2 nitrogen and oxygen atoms in total. The van der Waals surface area contributed by atoms with E-state index in [9.17, 15) is 0 Å². The third-order valence-corrected chi connectivity index (χ3v) is 8.69. The molecule has 0 saturated carbocycles. The molecule has 0 fully saturated rings. The molecule has 2 heterocycles. The molecule has 0 radical (unpaired) electrons. The van der Waals surface area contributed by atoms with E-state index < -0.39 is 0 Å². The molecular weight excluding hydrogens is 444 g/mol. The van der Waals surface area contributed by atoms with E-state index in [1.165, 1.54) is 38.3 Å². The van der Waals surface area contributed by atoms with E-state index >= 15 is 0 Å². The summed E-state index contributed by atoms with van der Waals surface area (Å²) in [6.07, 6.45) is 2.75. The van der Waals surface area contributed by atoms with E-state index in [1.54, 1.807) is 6.33 Å². The summed E-state index contributed by atoms with van der Waals surface area (Å²) in [7, 11) is 0. The van der Waals surface area contributed by atoms with E-state index in [2.05, 4.69) is 84.9 Å². The molecule has 0 N–H and O–H groups in total. The van der Waals surface area contributed by atoms with Crippen LogP contribution in [0.25, 0.3) is 42.7 Å². The zero-order valence-corrected chi connectivity index (χ0v) is 22.4. The van der Waals surface area contributed by atoms with Crippen molar-refractivity contribution in [3.05, 3.63) is 82.7 Å². The summed E-state index contributed by atoms with van der Waals surface area (Å²) < 4.78 is 9.85. The largest absolute Gasteiger partial charge is 0.235 e. The molecule has 0 amide bonds. The van der Waals surface area contributed by atoms with Crippen LogP contribution < -0.4 is 0 Å². The molecule has 0 spiro atoms. The smallest absolute Gasteiger partial charge is 0.116 e. The number of fused-ring (bicyclic) bond motifs is 6. The van der Waals surface area contributed by atoms with Crippen LogP contribution in [0.3, 0.4) is 0 Å². The molecule has 3 heteroatoms. The van der Waals surface area contributed by atoms with Gasteiger partial charge in [-0.2, -0.15) is 0 Å². The molecule has 176 valence electrons. The average molecular weight is 478 g/mol. The fraction of sp³-hybridized carbons (Fsp3) is 0.312. The second-order valence-corrected chi connectivity index (χ2v) is 12.9. The van der Waals surface area contributed by atoms with Crippen LogP contribution in [0.2, 0.25) is 0 Å². The minimum absolute atomic E-state index is 0.118. The fourth-order valence-electron chi connectivity index (χ4n) is 5.65. The van der Waals surface area contributed by atoms with Crippen molar-refractivity contribution >= 4 is 32.3 Å². The highest BCUT2D eigenvalue weighted by Gasteiger charge is 2.40. The fourth-order valence-corrected chi connectivity index (χ4v) is 7.11. The van der Waals surface area contributed by atoms with Crippen molar-refractivity contribution < 1.29 is 1.37 Å². The summed E-state index contributed by atoms with van der Waals surface area (Å²) in [6, 6.07) is 16.0. The Morgan fingerprint density at radius 1 is 0.943 bits per heavy atom. The number of nitrogens with zero attached hydrogens (tertiary/aromatic N) is 2. The van der Waals surface area contributed by atoms with Crippen molar-refractivity contribution in [2.45, 2.75) is 60.3 Å². The SMILES string of the molecule is [2H]c1cc(-c2ncnc3c4c(sc23)-c2cc(CC(C)(C)C)ccc2C4(C)C)cc2cc(C)c(C)cc12. The van der Waals surface area contributed by atoms with E-state index in [0.29, 0.717) is 6.04 Å². The second-order valence-electron chi connectivity index (χ2n) is 11.9.